The summed E-state index contributed by atoms with van der Waals surface area (Å²) in [5, 5.41) is 14.4. The second kappa shape index (κ2) is 7.69. The van der Waals surface area contributed by atoms with E-state index in [1.165, 1.54) is 7.11 Å². The lowest BCUT2D eigenvalue weighted by Crippen LogP contribution is -2.32. The standard InChI is InChI=1S/C16H15F3N2O3/c1-24-13-5-3-2-4-9(13)12(22)8-20-16(23)21-11-7-6-10(17)14(18)15(11)19/h2-7,12,22H,8H2,1H3,(H2,20,21,23)/t12-/m0/s1. The Morgan fingerprint density at radius 3 is 2.58 bits per heavy atom. The monoisotopic (exact) mass is 340 g/mol. The molecule has 0 unspecified atom stereocenters. The zero-order valence-electron chi connectivity index (χ0n) is 12.6. The van der Waals surface area contributed by atoms with Crippen LogP contribution in [0.15, 0.2) is 36.4 Å². The summed E-state index contributed by atoms with van der Waals surface area (Å²) in [6, 6.07) is 7.39. The molecule has 0 spiro atoms. The highest BCUT2D eigenvalue weighted by Crippen LogP contribution is 2.24. The fourth-order valence-corrected chi connectivity index (χ4v) is 2.03. The van der Waals surface area contributed by atoms with Crippen LogP contribution in [-0.2, 0) is 0 Å². The number of benzene rings is 2. The van der Waals surface area contributed by atoms with Crippen LogP contribution in [0.1, 0.15) is 11.7 Å². The van der Waals surface area contributed by atoms with Crippen LogP contribution in [0.3, 0.4) is 0 Å². The number of ether oxygens (including phenoxy) is 1. The fraction of sp³-hybridized carbons (Fsp3) is 0.188. The van der Waals surface area contributed by atoms with E-state index in [9.17, 15) is 23.1 Å². The van der Waals surface area contributed by atoms with Gasteiger partial charge < -0.3 is 20.5 Å². The average molecular weight is 340 g/mol. The molecule has 8 heteroatoms. The van der Waals surface area contributed by atoms with Crippen molar-refractivity contribution in [3.05, 3.63) is 59.4 Å². The van der Waals surface area contributed by atoms with Crippen molar-refractivity contribution in [2.75, 3.05) is 19.0 Å². The van der Waals surface area contributed by atoms with E-state index in [1.54, 1.807) is 24.3 Å². The number of hydrogen-bond acceptors (Lipinski definition) is 3. The quantitative estimate of drug-likeness (QED) is 0.733. The third kappa shape index (κ3) is 3.96. The molecule has 0 radical (unpaired) electrons. The van der Waals surface area contributed by atoms with E-state index in [0.717, 1.165) is 6.07 Å². The van der Waals surface area contributed by atoms with E-state index in [0.29, 0.717) is 17.4 Å². The fourth-order valence-electron chi connectivity index (χ4n) is 2.03. The Bertz CT molecular complexity index is 741. The number of carbonyl (C=O) groups is 1. The number of rotatable bonds is 5. The summed E-state index contributed by atoms with van der Waals surface area (Å²) in [6.07, 6.45) is -1.07. The molecule has 0 saturated carbocycles. The molecule has 0 aliphatic heterocycles. The number of aliphatic hydroxyl groups is 1. The highest BCUT2D eigenvalue weighted by atomic mass is 19.2. The van der Waals surface area contributed by atoms with Gasteiger partial charge in [0, 0.05) is 12.1 Å². The molecule has 2 aromatic rings. The maximum Gasteiger partial charge on any atom is 0.319 e. The molecule has 24 heavy (non-hydrogen) atoms. The van der Waals surface area contributed by atoms with Crippen molar-refractivity contribution in [3.63, 3.8) is 0 Å². The Hall–Kier alpha value is -2.74. The molecular formula is C16H15F3N2O3. The Morgan fingerprint density at radius 2 is 1.88 bits per heavy atom. The molecule has 1 atom stereocenters. The summed E-state index contributed by atoms with van der Waals surface area (Å²) < 4.78 is 44.5. The van der Waals surface area contributed by atoms with Gasteiger partial charge in [-0.1, -0.05) is 18.2 Å². The SMILES string of the molecule is COc1ccccc1[C@@H](O)CNC(=O)Nc1ccc(F)c(F)c1F. The first-order valence-corrected chi connectivity index (χ1v) is 6.93. The maximum atomic E-state index is 13.5. The first-order valence-electron chi connectivity index (χ1n) is 6.93. The molecule has 5 nitrogen and oxygen atoms in total. The summed E-state index contributed by atoms with van der Waals surface area (Å²) in [6.45, 7) is -0.197. The van der Waals surface area contributed by atoms with Gasteiger partial charge in [0.15, 0.2) is 17.5 Å². The highest BCUT2D eigenvalue weighted by molar-refractivity contribution is 5.89. The highest BCUT2D eigenvalue weighted by Gasteiger charge is 2.17. The van der Waals surface area contributed by atoms with Crippen LogP contribution in [0.25, 0.3) is 0 Å². The Kier molecular flexibility index (Phi) is 5.64. The van der Waals surface area contributed by atoms with Crippen molar-refractivity contribution < 1.29 is 27.8 Å². The smallest absolute Gasteiger partial charge is 0.319 e. The van der Waals surface area contributed by atoms with Gasteiger partial charge in [0.25, 0.3) is 0 Å². The molecule has 128 valence electrons. The number of urea groups is 1. The number of anilines is 1. The van der Waals surface area contributed by atoms with Crippen molar-refractivity contribution in [1.29, 1.82) is 0 Å². The van der Waals surface area contributed by atoms with Gasteiger partial charge in [-0.2, -0.15) is 0 Å². The van der Waals surface area contributed by atoms with Crippen LogP contribution in [0.2, 0.25) is 0 Å². The number of aliphatic hydroxyl groups excluding tert-OH is 1. The lowest BCUT2D eigenvalue weighted by molar-refractivity contribution is 0.171. The molecule has 0 saturated heterocycles. The molecule has 0 heterocycles. The number of para-hydroxylation sites is 1. The van der Waals surface area contributed by atoms with Crippen LogP contribution < -0.4 is 15.4 Å². The summed E-state index contributed by atoms with van der Waals surface area (Å²) in [7, 11) is 1.44. The second-order valence-electron chi connectivity index (χ2n) is 4.82. The van der Waals surface area contributed by atoms with Crippen LogP contribution >= 0.6 is 0 Å². The topological polar surface area (TPSA) is 70.6 Å². The molecule has 0 bridgehead atoms. The van der Waals surface area contributed by atoms with Gasteiger partial charge in [-0.05, 0) is 18.2 Å². The third-order valence-corrected chi connectivity index (χ3v) is 3.24. The Labute approximate surface area is 136 Å². The predicted molar refractivity (Wildman–Crippen MR) is 81.3 cm³/mol. The van der Waals surface area contributed by atoms with E-state index in [4.69, 9.17) is 4.74 Å². The molecule has 0 fully saturated rings. The maximum absolute atomic E-state index is 13.5. The molecular weight excluding hydrogens is 325 g/mol. The minimum absolute atomic E-state index is 0.197. The first kappa shape index (κ1) is 17.6. The average Bonchev–Trinajstić information content (AvgIpc) is 2.60. The Balaban J connectivity index is 1.97. The number of methoxy groups -OCH3 is 1. The van der Waals surface area contributed by atoms with E-state index in [2.05, 4.69) is 5.32 Å². The second-order valence-corrected chi connectivity index (χ2v) is 4.82. The molecule has 2 amide bonds. The molecule has 2 rings (SSSR count). The van der Waals surface area contributed by atoms with Crippen molar-refractivity contribution in [2.24, 2.45) is 0 Å². The molecule has 2 aromatic carbocycles. The number of amides is 2. The summed E-state index contributed by atoms with van der Waals surface area (Å²) >= 11 is 0. The van der Waals surface area contributed by atoms with Crippen LogP contribution in [0.5, 0.6) is 5.75 Å². The minimum atomic E-state index is -1.68. The van der Waals surface area contributed by atoms with Crippen LogP contribution in [0.4, 0.5) is 23.7 Å². The van der Waals surface area contributed by atoms with Gasteiger partial charge in [0.1, 0.15) is 5.75 Å². The number of hydrogen-bond donors (Lipinski definition) is 3. The zero-order valence-corrected chi connectivity index (χ0v) is 12.6. The minimum Gasteiger partial charge on any atom is -0.496 e. The number of carbonyl (C=O) groups excluding carboxylic acids is 1. The van der Waals surface area contributed by atoms with E-state index in [1.807, 2.05) is 5.32 Å². The predicted octanol–water partition coefficient (Wildman–Crippen LogP) is 2.97. The summed E-state index contributed by atoms with van der Waals surface area (Å²) in [5.74, 6) is -4.10. The number of halogens is 3. The van der Waals surface area contributed by atoms with Gasteiger partial charge in [0.2, 0.25) is 0 Å². The summed E-state index contributed by atoms with van der Waals surface area (Å²) in [4.78, 5) is 11.7. The molecule has 0 aliphatic rings. The van der Waals surface area contributed by atoms with E-state index in [-0.39, 0.29) is 6.54 Å². The molecule has 3 N–H and O–H groups in total. The summed E-state index contributed by atoms with van der Waals surface area (Å²) in [5.41, 5.74) is -0.0579. The lowest BCUT2D eigenvalue weighted by atomic mass is 10.1. The van der Waals surface area contributed by atoms with Gasteiger partial charge in [-0.3, -0.25) is 0 Å². The van der Waals surface area contributed by atoms with Crippen molar-refractivity contribution in [2.45, 2.75) is 6.10 Å². The van der Waals surface area contributed by atoms with Crippen molar-refractivity contribution in [3.8, 4) is 5.75 Å². The number of nitrogens with one attached hydrogen (secondary N) is 2. The van der Waals surface area contributed by atoms with Crippen LogP contribution in [-0.4, -0.2) is 24.8 Å². The lowest BCUT2D eigenvalue weighted by Gasteiger charge is -2.16. The first-order chi connectivity index (χ1) is 11.4. The zero-order chi connectivity index (χ0) is 17.7. The van der Waals surface area contributed by atoms with E-state index < -0.39 is 35.3 Å². The van der Waals surface area contributed by atoms with Crippen LogP contribution in [0, 0.1) is 17.5 Å². The van der Waals surface area contributed by atoms with Gasteiger partial charge >= 0.3 is 6.03 Å². The Morgan fingerprint density at radius 1 is 1.17 bits per heavy atom. The van der Waals surface area contributed by atoms with Crippen molar-refractivity contribution >= 4 is 11.7 Å². The van der Waals surface area contributed by atoms with Gasteiger partial charge in [0.05, 0.1) is 18.9 Å². The normalized spacial score (nSPS) is 11.7. The third-order valence-electron chi connectivity index (χ3n) is 3.24. The van der Waals surface area contributed by atoms with E-state index >= 15 is 0 Å². The van der Waals surface area contributed by atoms with Crippen molar-refractivity contribution in [1.82, 2.24) is 5.32 Å². The molecule has 0 aromatic heterocycles. The molecule has 0 aliphatic carbocycles. The largest absolute Gasteiger partial charge is 0.496 e. The van der Waals surface area contributed by atoms with Gasteiger partial charge in [-0.25, -0.2) is 18.0 Å². The van der Waals surface area contributed by atoms with Gasteiger partial charge in [-0.15, -0.1) is 0 Å².